The fourth-order valence-corrected chi connectivity index (χ4v) is 0.939. The first-order chi connectivity index (χ1) is 6.74. The molecular weight excluding hydrogens is 180 g/mol. The average molecular weight is 192 g/mol. The number of aromatic nitrogens is 1. The first kappa shape index (κ1) is 10.2. The van der Waals surface area contributed by atoms with Gasteiger partial charge in [0.05, 0.1) is 6.61 Å². The molecule has 0 aliphatic rings. The topological polar surface area (TPSA) is 65.2 Å². The van der Waals surface area contributed by atoms with Crippen molar-refractivity contribution in [1.82, 2.24) is 4.98 Å². The van der Waals surface area contributed by atoms with E-state index >= 15 is 0 Å². The lowest BCUT2D eigenvalue weighted by molar-refractivity contribution is -0.137. The first-order valence-electron chi connectivity index (χ1n) is 4.28. The number of nitrogens with zero attached hydrogens (tertiary/aromatic N) is 1. The standard InChI is InChI=1S/C10H12N2O2/c1-2-14-10(13)7-9(11)8-3-5-12-6-4-8/h3-7H,2,11H2,1H3/b9-7-. The quantitative estimate of drug-likeness (QED) is 0.572. The number of hydrogen-bond acceptors (Lipinski definition) is 4. The van der Waals surface area contributed by atoms with Gasteiger partial charge < -0.3 is 10.5 Å². The maximum Gasteiger partial charge on any atom is 0.332 e. The molecular formula is C10H12N2O2. The Morgan fingerprint density at radius 1 is 1.57 bits per heavy atom. The van der Waals surface area contributed by atoms with E-state index in [2.05, 4.69) is 4.98 Å². The first-order valence-corrected chi connectivity index (χ1v) is 4.28. The Bertz CT molecular complexity index is 333. The van der Waals surface area contributed by atoms with Crippen LogP contribution in [0.25, 0.3) is 5.70 Å². The molecule has 0 spiro atoms. The Balaban J connectivity index is 2.75. The Morgan fingerprint density at radius 3 is 2.79 bits per heavy atom. The van der Waals surface area contributed by atoms with Crippen LogP contribution >= 0.6 is 0 Å². The lowest BCUT2D eigenvalue weighted by Crippen LogP contribution is -2.05. The molecule has 0 aliphatic heterocycles. The van der Waals surface area contributed by atoms with Gasteiger partial charge in [0.2, 0.25) is 0 Å². The summed E-state index contributed by atoms with van der Waals surface area (Å²) in [5, 5.41) is 0. The third-order valence-electron chi connectivity index (χ3n) is 1.57. The van der Waals surface area contributed by atoms with Crippen LogP contribution in [0.3, 0.4) is 0 Å². The molecule has 1 rings (SSSR count). The van der Waals surface area contributed by atoms with Gasteiger partial charge in [-0.2, -0.15) is 0 Å². The van der Waals surface area contributed by atoms with Crippen LogP contribution in [0.1, 0.15) is 12.5 Å². The highest BCUT2D eigenvalue weighted by atomic mass is 16.5. The second-order valence-corrected chi connectivity index (χ2v) is 2.59. The largest absolute Gasteiger partial charge is 0.463 e. The number of rotatable bonds is 3. The van der Waals surface area contributed by atoms with Gasteiger partial charge in [0.15, 0.2) is 0 Å². The molecule has 0 unspecified atom stereocenters. The molecule has 0 aliphatic carbocycles. The normalized spacial score (nSPS) is 11.1. The van der Waals surface area contributed by atoms with Crippen LogP contribution in [0.5, 0.6) is 0 Å². The molecule has 1 aromatic heterocycles. The third kappa shape index (κ3) is 2.90. The zero-order valence-corrected chi connectivity index (χ0v) is 7.93. The molecule has 4 nitrogen and oxygen atoms in total. The Morgan fingerprint density at radius 2 is 2.21 bits per heavy atom. The van der Waals surface area contributed by atoms with E-state index in [1.165, 1.54) is 6.08 Å². The molecule has 1 aromatic rings. The summed E-state index contributed by atoms with van der Waals surface area (Å²) in [6, 6.07) is 3.45. The van der Waals surface area contributed by atoms with Gasteiger partial charge in [-0.25, -0.2) is 4.79 Å². The van der Waals surface area contributed by atoms with Crippen LogP contribution in [-0.2, 0) is 9.53 Å². The van der Waals surface area contributed by atoms with Crippen LogP contribution in [0.2, 0.25) is 0 Å². The molecule has 0 atom stereocenters. The van der Waals surface area contributed by atoms with Crippen molar-refractivity contribution in [3.05, 3.63) is 36.2 Å². The summed E-state index contributed by atoms with van der Waals surface area (Å²) in [6.07, 6.45) is 4.49. The highest BCUT2D eigenvalue weighted by Gasteiger charge is 2.00. The number of pyridine rings is 1. The summed E-state index contributed by atoms with van der Waals surface area (Å²) in [4.78, 5) is 14.9. The second kappa shape index (κ2) is 5.01. The molecule has 0 fully saturated rings. The van der Waals surface area contributed by atoms with E-state index in [1.54, 1.807) is 31.5 Å². The van der Waals surface area contributed by atoms with Crippen LogP contribution in [-0.4, -0.2) is 17.6 Å². The highest BCUT2D eigenvalue weighted by molar-refractivity contribution is 5.90. The van der Waals surface area contributed by atoms with Gasteiger partial charge in [-0.15, -0.1) is 0 Å². The van der Waals surface area contributed by atoms with Crippen LogP contribution in [0, 0.1) is 0 Å². The van der Waals surface area contributed by atoms with Crippen molar-refractivity contribution in [2.24, 2.45) is 5.73 Å². The summed E-state index contributed by atoms with van der Waals surface area (Å²) in [7, 11) is 0. The van der Waals surface area contributed by atoms with Gasteiger partial charge in [0.1, 0.15) is 0 Å². The number of nitrogens with two attached hydrogens (primary N) is 1. The summed E-state index contributed by atoms with van der Waals surface area (Å²) >= 11 is 0. The zero-order chi connectivity index (χ0) is 10.4. The predicted molar refractivity (Wildman–Crippen MR) is 53.0 cm³/mol. The second-order valence-electron chi connectivity index (χ2n) is 2.59. The van der Waals surface area contributed by atoms with Crippen molar-refractivity contribution in [2.45, 2.75) is 6.92 Å². The Labute approximate surface area is 82.4 Å². The third-order valence-corrected chi connectivity index (χ3v) is 1.57. The van der Waals surface area contributed by atoms with Crippen LogP contribution < -0.4 is 5.73 Å². The lowest BCUT2D eigenvalue weighted by atomic mass is 10.2. The minimum Gasteiger partial charge on any atom is -0.463 e. The molecule has 0 saturated heterocycles. The molecule has 0 saturated carbocycles. The van der Waals surface area contributed by atoms with E-state index < -0.39 is 5.97 Å². The fourth-order valence-electron chi connectivity index (χ4n) is 0.939. The molecule has 2 N–H and O–H groups in total. The summed E-state index contributed by atoms with van der Waals surface area (Å²) in [5.41, 5.74) is 6.80. The maximum atomic E-state index is 11.0. The lowest BCUT2D eigenvalue weighted by Gasteiger charge is -2.00. The van der Waals surface area contributed by atoms with E-state index in [1.807, 2.05) is 0 Å². The van der Waals surface area contributed by atoms with Crippen molar-refractivity contribution in [3.63, 3.8) is 0 Å². The number of hydrogen-bond donors (Lipinski definition) is 1. The molecule has 74 valence electrons. The van der Waals surface area contributed by atoms with Gasteiger partial charge in [-0.1, -0.05) is 0 Å². The molecule has 0 radical (unpaired) electrons. The summed E-state index contributed by atoms with van der Waals surface area (Å²) in [6.45, 7) is 2.09. The van der Waals surface area contributed by atoms with Gasteiger partial charge in [0, 0.05) is 29.7 Å². The molecule has 4 heteroatoms. The van der Waals surface area contributed by atoms with Gasteiger partial charge in [0.25, 0.3) is 0 Å². The van der Waals surface area contributed by atoms with Crippen molar-refractivity contribution in [3.8, 4) is 0 Å². The average Bonchev–Trinajstić information content (AvgIpc) is 2.19. The monoisotopic (exact) mass is 192 g/mol. The number of esters is 1. The van der Waals surface area contributed by atoms with Crippen LogP contribution in [0.4, 0.5) is 0 Å². The van der Waals surface area contributed by atoms with Crippen molar-refractivity contribution < 1.29 is 9.53 Å². The number of carbonyl (C=O) groups is 1. The summed E-state index contributed by atoms with van der Waals surface area (Å²) < 4.78 is 4.72. The molecule has 1 heterocycles. The predicted octanol–water partition coefficient (Wildman–Crippen LogP) is 0.944. The van der Waals surface area contributed by atoms with E-state index in [4.69, 9.17) is 10.5 Å². The van der Waals surface area contributed by atoms with E-state index in [9.17, 15) is 4.79 Å². The smallest absolute Gasteiger partial charge is 0.332 e. The van der Waals surface area contributed by atoms with Crippen molar-refractivity contribution >= 4 is 11.7 Å². The van der Waals surface area contributed by atoms with Gasteiger partial charge in [-0.3, -0.25) is 4.98 Å². The molecule has 0 amide bonds. The summed E-state index contributed by atoms with van der Waals surface area (Å²) in [5.74, 6) is -0.429. The highest BCUT2D eigenvalue weighted by Crippen LogP contribution is 2.06. The van der Waals surface area contributed by atoms with E-state index in [-0.39, 0.29) is 0 Å². The molecule has 0 aromatic carbocycles. The Hall–Kier alpha value is -1.84. The number of ether oxygens (including phenoxy) is 1. The molecule has 14 heavy (non-hydrogen) atoms. The van der Waals surface area contributed by atoms with E-state index in [0.717, 1.165) is 5.56 Å². The minimum atomic E-state index is -0.429. The van der Waals surface area contributed by atoms with Gasteiger partial charge >= 0.3 is 5.97 Å². The minimum absolute atomic E-state index is 0.346. The fraction of sp³-hybridized carbons (Fsp3) is 0.200. The molecule has 0 bridgehead atoms. The van der Waals surface area contributed by atoms with E-state index in [0.29, 0.717) is 12.3 Å². The Kier molecular flexibility index (Phi) is 3.67. The van der Waals surface area contributed by atoms with Crippen LogP contribution in [0.15, 0.2) is 30.6 Å². The van der Waals surface area contributed by atoms with Gasteiger partial charge in [-0.05, 0) is 19.1 Å². The SMILES string of the molecule is CCOC(=O)/C=C(\N)c1ccncc1. The zero-order valence-electron chi connectivity index (χ0n) is 7.93. The van der Waals surface area contributed by atoms with Crippen molar-refractivity contribution in [2.75, 3.05) is 6.61 Å². The maximum absolute atomic E-state index is 11.0. The van der Waals surface area contributed by atoms with Crippen molar-refractivity contribution in [1.29, 1.82) is 0 Å². The number of carbonyl (C=O) groups excluding carboxylic acids is 1.